The van der Waals surface area contributed by atoms with Crippen LogP contribution in [0.2, 0.25) is 0 Å². The molecule has 7 heteroatoms. The van der Waals surface area contributed by atoms with Gasteiger partial charge < -0.3 is 10.5 Å². The van der Waals surface area contributed by atoms with Crippen LogP contribution >= 0.6 is 0 Å². The van der Waals surface area contributed by atoms with Crippen molar-refractivity contribution >= 4 is 5.82 Å². The van der Waals surface area contributed by atoms with E-state index >= 15 is 0 Å². The predicted molar refractivity (Wildman–Crippen MR) is 61.2 cm³/mol. The average molecular weight is 269 g/mol. The Bertz CT molecular complexity index is 654. The van der Waals surface area contributed by atoms with Crippen LogP contribution in [0.5, 0.6) is 0 Å². The summed E-state index contributed by atoms with van der Waals surface area (Å²) in [6.45, 7) is 0.732. The molecular formula is C12H10F3N3O. The molecule has 100 valence electrons. The number of hydrogen-bond acceptors (Lipinski definition) is 3. The van der Waals surface area contributed by atoms with E-state index in [1.165, 1.54) is 4.68 Å². The lowest BCUT2D eigenvalue weighted by Gasteiger charge is -2.15. The van der Waals surface area contributed by atoms with Crippen molar-refractivity contribution in [3.8, 4) is 5.69 Å². The van der Waals surface area contributed by atoms with Gasteiger partial charge in [0.05, 0.1) is 18.9 Å². The summed E-state index contributed by atoms with van der Waals surface area (Å²) in [4.78, 5) is 0. The molecule has 1 aliphatic heterocycles. The molecule has 0 fully saturated rings. The zero-order valence-electron chi connectivity index (χ0n) is 9.79. The van der Waals surface area contributed by atoms with E-state index in [9.17, 15) is 13.2 Å². The van der Waals surface area contributed by atoms with Gasteiger partial charge in [-0.15, -0.1) is 5.10 Å². The number of nitrogens with two attached hydrogens (primary N) is 1. The molecule has 0 atom stereocenters. The lowest BCUT2D eigenvalue weighted by molar-refractivity contribution is 0.110. The molecule has 2 N–H and O–H groups in total. The maximum atomic E-state index is 13.8. The van der Waals surface area contributed by atoms with E-state index < -0.39 is 17.5 Å². The van der Waals surface area contributed by atoms with E-state index in [1.54, 1.807) is 0 Å². The Morgan fingerprint density at radius 1 is 1.21 bits per heavy atom. The molecule has 4 nitrogen and oxygen atoms in total. The molecule has 0 unspecified atom stereocenters. The average Bonchev–Trinajstić information content (AvgIpc) is 2.74. The normalized spacial score (nSPS) is 14.5. The first-order chi connectivity index (χ1) is 9.09. The fraction of sp³-hybridized carbons (Fsp3) is 0.250. The molecule has 1 aromatic carbocycles. The highest BCUT2D eigenvalue weighted by Crippen LogP contribution is 2.27. The molecule has 3 rings (SSSR count). The fourth-order valence-electron chi connectivity index (χ4n) is 2.14. The highest BCUT2D eigenvalue weighted by Gasteiger charge is 2.23. The van der Waals surface area contributed by atoms with Gasteiger partial charge in [0.1, 0.15) is 5.69 Å². The van der Waals surface area contributed by atoms with Crippen LogP contribution in [0.3, 0.4) is 0 Å². The van der Waals surface area contributed by atoms with Gasteiger partial charge in [0.2, 0.25) is 0 Å². The van der Waals surface area contributed by atoms with Gasteiger partial charge in [0, 0.05) is 12.0 Å². The van der Waals surface area contributed by atoms with E-state index in [-0.39, 0.29) is 18.1 Å². The third kappa shape index (κ3) is 1.77. The Morgan fingerprint density at radius 3 is 2.79 bits per heavy atom. The second-order valence-corrected chi connectivity index (χ2v) is 4.22. The third-order valence-corrected chi connectivity index (χ3v) is 3.09. The molecule has 2 heterocycles. The van der Waals surface area contributed by atoms with Gasteiger partial charge in [-0.1, -0.05) is 0 Å². The van der Waals surface area contributed by atoms with Gasteiger partial charge in [0.15, 0.2) is 23.3 Å². The first-order valence-electron chi connectivity index (χ1n) is 5.67. The summed E-state index contributed by atoms with van der Waals surface area (Å²) in [6.07, 6.45) is 0.484. The van der Waals surface area contributed by atoms with E-state index in [0.717, 1.165) is 12.1 Å². The number of hydrogen-bond donors (Lipinski definition) is 1. The van der Waals surface area contributed by atoms with Crippen molar-refractivity contribution in [1.29, 1.82) is 0 Å². The van der Waals surface area contributed by atoms with Crippen molar-refractivity contribution in [2.75, 3.05) is 12.3 Å². The molecule has 0 radical (unpaired) electrons. The molecule has 0 bridgehead atoms. The molecule has 0 saturated heterocycles. The molecule has 0 spiro atoms. The zero-order chi connectivity index (χ0) is 13.6. The highest BCUT2D eigenvalue weighted by atomic mass is 19.2. The number of ether oxygens (including phenoxy) is 1. The number of benzene rings is 1. The smallest absolute Gasteiger partial charge is 0.196 e. The van der Waals surface area contributed by atoms with Crippen LogP contribution < -0.4 is 5.73 Å². The molecule has 0 amide bonds. The van der Waals surface area contributed by atoms with Crippen LogP contribution in [0.1, 0.15) is 11.3 Å². The summed E-state index contributed by atoms with van der Waals surface area (Å²) in [7, 11) is 0. The molecule has 2 aromatic rings. The number of rotatable bonds is 1. The summed E-state index contributed by atoms with van der Waals surface area (Å²) in [5.74, 6) is -3.83. The van der Waals surface area contributed by atoms with Crippen molar-refractivity contribution in [1.82, 2.24) is 9.78 Å². The van der Waals surface area contributed by atoms with Gasteiger partial charge in [0.25, 0.3) is 0 Å². The van der Waals surface area contributed by atoms with Crippen LogP contribution in [-0.4, -0.2) is 16.4 Å². The van der Waals surface area contributed by atoms with E-state index in [0.29, 0.717) is 24.3 Å². The summed E-state index contributed by atoms with van der Waals surface area (Å²) in [5, 5.41) is 3.98. The quantitative estimate of drug-likeness (QED) is 0.805. The van der Waals surface area contributed by atoms with Crippen LogP contribution in [-0.2, 0) is 17.8 Å². The van der Waals surface area contributed by atoms with E-state index in [4.69, 9.17) is 10.5 Å². The van der Waals surface area contributed by atoms with Crippen molar-refractivity contribution in [2.45, 2.75) is 13.0 Å². The number of nitrogen functional groups attached to an aromatic ring is 1. The largest absolute Gasteiger partial charge is 0.382 e. The zero-order valence-corrected chi connectivity index (χ0v) is 9.79. The molecule has 1 aliphatic rings. The number of fused-ring (bicyclic) bond motifs is 1. The maximum absolute atomic E-state index is 13.8. The molecule has 0 saturated carbocycles. The minimum absolute atomic E-state index is 0.159. The maximum Gasteiger partial charge on any atom is 0.196 e. The van der Waals surface area contributed by atoms with Crippen molar-refractivity contribution in [3.63, 3.8) is 0 Å². The van der Waals surface area contributed by atoms with Crippen LogP contribution in [0.4, 0.5) is 19.0 Å². The molecule has 0 aliphatic carbocycles. The third-order valence-electron chi connectivity index (χ3n) is 3.09. The van der Waals surface area contributed by atoms with Crippen molar-refractivity contribution < 1.29 is 17.9 Å². The Morgan fingerprint density at radius 2 is 2.00 bits per heavy atom. The lowest BCUT2D eigenvalue weighted by atomic mass is 10.1. The van der Waals surface area contributed by atoms with E-state index in [1.807, 2.05) is 0 Å². The number of aromatic nitrogens is 2. The summed E-state index contributed by atoms with van der Waals surface area (Å²) in [6, 6.07) is 1.99. The van der Waals surface area contributed by atoms with Crippen molar-refractivity contribution in [3.05, 3.63) is 40.8 Å². The van der Waals surface area contributed by atoms with Crippen LogP contribution in [0.15, 0.2) is 12.1 Å². The predicted octanol–water partition coefficient (Wildman–Crippen LogP) is 1.94. The van der Waals surface area contributed by atoms with E-state index in [2.05, 4.69) is 5.10 Å². The Labute approximate surface area is 106 Å². The highest BCUT2D eigenvalue weighted by molar-refractivity contribution is 5.48. The van der Waals surface area contributed by atoms with Gasteiger partial charge in [-0.25, -0.2) is 17.9 Å². The second-order valence-electron chi connectivity index (χ2n) is 4.22. The fourth-order valence-corrected chi connectivity index (χ4v) is 2.14. The standard InChI is InChI=1S/C12H10F3N3O/c13-7-1-2-9(11(15)10(7)14)18-8-3-4-19-5-6(8)12(16)17-18/h1-2H,3-5H2,(H2,16,17). The summed E-state index contributed by atoms with van der Waals surface area (Å²) < 4.78 is 46.4. The Kier molecular flexibility index (Phi) is 2.70. The van der Waals surface area contributed by atoms with Gasteiger partial charge in [-0.05, 0) is 12.1 Å². The second kappa shape index (κ2) is 4.27. The van der Waals surface area contributed by atoms with Gasteiger partial charge in [-0.2, -0.15) is 0 Å². The number of nitrogens with zero attached hydrogens (tertiary/aromatic N) is 2. The Hall–Kier alpha value is -2.02. The molecular weight excluding hydrogens is 259 g/mol. The lowest BCUT2D eigenvalue weighted by Crippen LogP contribution is -2.14. The molecule has 19 heavy (non-hydrogen) atoms. The number of anilines is 1. The minimum Gasteiger partial charge on any atom is -0.382 e. The minimum atomic E-state index is -1.52. The Balaban J connectivity index is 2.20. The number of halogens is 3. The molecule has 1 aromatic heterocycles. The van der Waals surface area contributed by atoms with Gasteiger partial charge in [-0.3, -0.25) is 0 Å². The first kappa shape index (κ1) is 12.0. The first-order valence-corrected chi connectivity index (χ1v) is 5.67. The van der Waals surface area contributed by atoms with Gasteiger partial charge >= 0.3 is 0 Å². The monoisotopic (exact) mass is 269 g/mol. The summed E-state index contributed by atoms with van der Waals surface area (Å²) in [5.41, 5.74) is 6.88. The summed E-state index contributed by atoms with van der Waals surface area (Å²) >= 11 is 0. The van der Waals surface area contributed by atoms with Crippen molar-refractivity contribution in [2.24, 2.45) is 0 Å². The van der Waals surface area contributed by atoms with Crippen LogP contribution in [0, 0.1) is 17.5 Å². The van der Waals surface area contributed by atoms with Crippen LogP contribution in [0.25, 0.3) is 5.69 Å². The topological polar surface area (TPSA) is 53.1 Å². The SMILES string of the molecule is Nc1nn(-c2ccc(F)c(F)c2F)c2c1COCC2.